The van der Waals surface area contributed by atoms with E-state index in [0.29, 0.717) is 12.8 Å². The fourth-order valence-corrected chi connectivity index (χ4v) is 1.65. The number of nitrogens with one attached hydrogen (secondary N) is 1. The Morgan fingerprint density at radius 3 is 2.58 bits per heavy atom. The maximum Gasteiger partial charge on any atom is 0.306 e. The Labute approximate surface area is 112 Å². The number of carboxylic acids is 1. The van der Waals surface area contributed by atoms with Gasteiger partial charge in [0.2, 0.25) is 5.91 Å². The summed E-state index contributed by atoms with van der Waals surface area (Å²) < 4.78 is 4.98. The van der Waals surface area contributed by atoms with Gasteiger partial charge in [-0.1, -0.05) is 30.3 Å². The van der Waals surface area contributed by atoms with Crippen molar-refractivity contribution in [2.45, 2.75) is 25.4 Å². The maximum atomic E-state index is 11.6. The van der Waals surface area contributed by atoms with Crippen molar-refractivity contribution in [1.29, 1.82) is 0 Å². The van der Waals surface area contributed by atoms with Crippen LogP contribution in [0.4, 0.5) is 0 Å². The van der Waals surface area contributed by atoms with Crippen molar-refractivity contribution in [3.63, 3.8) is 0 Å². The second-order valence-electron chi connectivity index (χ2n) is 4.25. The molecule has 0 heterocycles. The zero-order chi connectivity index (χ0) is 14.1. The largest absolute Gasteiger partial charge is 0.481 e. The van der Waals surface area contributed by atoms with E-state index in [2.05, 4.69) is 5.32 Å². The Kier molecular flexibility index (Phi) is 6.60. The highest BCUT2D eigenvalue weighted by Crippen LogP contribution is 2.02. The standard InChI is InChI=1S/C14H19NO4/c1-19-12(9-14(17)18)10-15-13(16)8-7-11-5-3-2-4-6-11/h2-6,12H,7-10H2,1H3,(H,15,16)(H,17,18). The van der Waals surface area contributed by atoms with Crippen molar-refractivity contribution in [2.24, 2.45) is 0 Å². The van der Waals surface area contributed by atoms with Crippen molar-refractivity contribution in [3.05, 3.63) is 35.9 Å². The highest BCUT2D eigenvalue weighted by Gasteiger charge is 2.13. The molecule has 2 N–H and O–H groups in total. The SMILES string of the molecule is COC(CNC(=O)CCc1ccccc1)CC(=O)O. The number of carboxylic acid groups (broad SMARTS) is 1. The lowest BCUT2D eigenvalue weighted by Gasteiger charge is -2.13. The number of methoxy groups -OCH3 is 1. The number of hydrogen-bond donors (Lipinski definition) is 2. The summed E-state index contributed by atoms with van der Waals surface area (Å²) in [6.45, 7) is 0.219. The molecule has 19 heavy (non-hydrogen) atoms. The summed E-state index contributed by atoms with van der Waals surface area (Å²) in [6.07, 6.45) is 0.449. The van der Waals surface area contributed by atoms with E-state index in [9.17, 15) is 9.59 Å². The summed E-state index contributed by atoms with van der Waals surface area (Å²) in [4.78, 5) is 22.1. The maximum absolute atomic E-state index is 11.6. The molecule has 0 aliphatic rings. The van der Waals surface area contributed by atoms with Gasteiger partial charge in [-0.05, 0) is 12.0 Å². The van der Waals surface area contributed by atoms with Crippen LogP contribution in [0.25, 0.3) is 0 Å². The zero-order valence-corrected chi connectivity index (χ0v) is 11.0. The zero-order valence-electron chi connectivity index (χ0n) is 11.0. The monoisotopic (exact) mass is 265 g/mol. The van der Waals surface area contributed by atoms with Crippen LogP contribution < -0.4 is 5.32 Å². The van der Waals surface area contributed by atoms with Crippen LogP contribution in [0.2, 0.25) is 0 Å². The average Bonchev–Trinajstić information content (AvgIpc) is 2.42. The first-order valence-electron chi connectivity index (χ1n) is 6.17. The second kappa shape index (κ2) is 8.26. The van der Waals surface area contributed by atoms with Gasteiger partial charge in [-0.25, -0.2) is 0 Å². The van der Waals surface area contributed by atoms with E-state index in [0.717, 1.165) is 5.56 Å². The van der Waals surface area contributed by atoms with Gasteiger partial charge in [-0.2, -0.15) is 0 Å². The third-order valence-corrected chi connectivity index (χ3v) is 2.75. The highest BCUT2D eigenvalue weighted by molar-refractivity contribution is 5.76. The van der Waals surface area contributed by atoms with Crippen LogP contribution in [0.5, 0.6) is 0 Å². The third kappa shape index (κ3) is 6.57. The molecular weight excluding hydrogens is 246 g/mol. The van der Waals surface area contributed by atoms with E-state index >= 15 is 0 Å². The number of amides is 1. The minimum absolute atomic E-state index is 0.101. The van der Waals surface area contributed by atoms with E-state index < -0.39 is 12.1 Å². The molecule has 5 heteroatoms. The number of aryl methyl sites for hydroxylation is 1. The molecule has 0 aromatic heterocycles. The fourth-order valence-electron chi connectivity index (χ4n) is 1.65. The Morgan fingerprint density at radius 1 is 1.32 bits per heavy atom. The number of ether oxygens (including phenoxy) is 1. The molecule has 1 amide bonds. The van der Waals surface area contributed by atoms with Gasteiger partial charge < -0.3 is 15.2 Å². The summed E-state index contributed by atoms with van der Waals surface area (Å²) >= 11 is 0. The van der Waals surface area contributed by atoms with E-state index in [1.54, 1.807) is 0 Å². The molecule has 5 nitrogen and oxygen atoms in total. The van der Waals surface area contributed by atoms with Crippen molar-refractivity contribution in [2.75, 3.05) is 13.7 Å². The molecule has 1 aromatic rings. The van der Waals surface area contributed by atoms with Crippen LogP contribution >= 0.6 is 0 Å². The lowest BCUT2D eigenvalue weighted by molar-refractivity contribution is -0.140. The molecule has 1 atom stereocenters. The average molecular weight is 265 g/mol. The molecule has 0 aliphatic carbocycles. The van der Waals surface area contributed by atoms with Crippen LogP contribution in [0.3, 0.4) is 0 Å². The summed E-state index contributed by atoms with van der Waals surface area (Å²) in [6, 6.07) is 9.73. The molecule has 0 spiro atoms. The molecule has 0 saturated heterocycles. The molecule has 104 valence electrons. The number of carbonyl (C=O) groups excluding carboxylic acids is 1. The van der Waals surface area contributed by atoms with Gasteiger partial charge in [-0.15, -0.1) is 0 Å². The molecule has 0 fully saturated rings. The minimum Gasteiger partial charge on any atom is -0.481 e. The normalized spacial score (nSPS) is 11.8. The number of carbonyl (C=O) groups is 2. The lowest BCUT2D eigenvalue weighted by atomic mass is 10.1. The van der Waals surface area contributed by atoms with Gasteiger partial charge in [0.15, 0.2) is 0 Å². The molecule has 0 bridgehead atoms. The van der Waals surface area contributed by atoms with Crippen molar-refractivity contribution in [1.82, 2.24) is 5.32 Å². The topological polar surface area (TPSA) is 75.6 Å². The number of rotatable bonds is 8. The predicted octanol–water partition coefficient (Wildman–Crippen LogP) is 1.23. The van der Waals surface area contributed by atoms with Gasteiger partial charge >= 0.3 is 5.97 Å². The Balaban J connectivity index is 2.25. The first kappa shape index (κ1) is 15.2. The first-order chi connectivity index (χ1) is 9.11. The molecule has 0 saturated carbocycles. The summed E-state index contributed by atoms with van der Waals surface area (Å²) in [5.74, 6) is -1.04. The molecular formula is C14H19NO4. The van der Waals surface area contributed by atoms with Gasteiger partial charge in [0.1, 0.15) is 0 Å². The van der Waals surface area contributed by atoms with E-state index in [4.69, 9.17) is 9.84 Å². The number of aliphatic carboxylic acids is 1. The first-order valence-corrected chi connectivity index (χ1v) is 6.17. The third-order valence-electron chi connectivity index (χ3n) is 2.75. The fraction of sp³-hybridized carbons (Fsp3) is 0.429. The minimum atomic E-state index is -0.939. The van der Waals surface area contributed by atoms with Crippen LogP contribution in [0.15, 0.2) is 30.3 Å². The van der Waals surface area contributed by atoms with E-state index in [1.807, 2.05) is 30.3 Å². The summed E-state index contributed by atoms with van der Waals surface area (Å²) in [7, 11) is 1.43. The molecule has 1 aromatic carbocycles. The predicted molar refractivity (Wildman–Crippen MR) is 70.8 cm³/mol. The molecule has 0 aliphatic heterocycles. The van der Waals surface area contributed by atoms with Crippen LogP contribution in [0.1, 0.15) is 18.4 Å². The van der Waals surface area contributed by atoms with E-state index in [-0.39, 0.29) is 18.9 Å². The van der Waals surface area contributed by atoms with Gasteiger partial charge in [0.25, 0.3) is 0 Å². The van der Waals surface area contributed by atoms with Crippen LogP contribution in [-0.4, -0.2) is 36.7 Å². The smallest absolute Gasteiger partial charge is 0.306 e. The number of hydrogen-bond acceptors (Lipinski definition) is 3. The second-order valence-corrected chi connectivity index (χ2v) is 4.25. The molecule has 0 radical (unpaired) electrons. The Hall–Kier alpha value is -1.88. The molecule has 1 rings (SSSR count). The Bertz CT molecular complexity index is 405. The van der Waals surface area contributed by atoms with Crippen molar-refractivity contribution in [3.8, 4) is 0 Å². The van der Waals surface area contributed by atoms with Gasteiger partial charge in [-0.3, -0.25) is 9.59 Å². The summed E-state index contributed by atoms with van der Waals surface area (Å²) in [5.41, 5.74) is 1.10. The highest BCUT2D eigenvalue weighted by atomic mass is 16.5. The number of benzene rings is 1. The Morgan fingerprint density at radius 2 is 2.00 bits per heavy atom. The van der Waals surface area contributed by atoms with E-state index in [1.165, 1.54) is 7.11 Å². The lowest BCUT2D eigenvalue weighted by Crippen LogP contribution is -2.34. The van der Waals surface area contributed by atoms with Gasteiger partial charge in [0, 0.05) is 20.1 Å². The quantitative estimate of drug-likeness (QED) is 0.741. The molecule has 1 unspecified atom stereocenters. The van der Waals surface area contributed by atoms with Crippen LogP contribution in [-0.2, 0) is 20.7 Å². The van der Waals surface area contributed by atoms with Gasteiger partial charge in [0.05, 0.1) is 12.5 Å². The van der Waals surface area contributed by atoms with Crippen LogP contribution in [0, 0.1) is 0 Å². The van der Waals surface area contributed by atoms with Crippen molar-refractivity contribution >= 4 is 11.9 Å². The summed E-state index contributed by atoms with van der Waals surface area (Å²) in [5, 5.41) is 11.3. The van der Waals surface area contributed by atoms with Crippen molar-refractivity contribution < 1.29 is 19.4 Å².